The Labute approximate surface area is 210 Å². The standard InChI is InChI=1S/C25H23ClFN3OS.C2H6/c1-15-10-17-11-22(27)24(32-28)12-23(17)30(15)25(31)18-13-29(14-18)19-8-6-16(7-9-19)20-4-2-3-5-21(20)26;1-2/h2-9,11-12,15,18H,10,13-14,28H2,1H3;1-2H3/t15-;/m0./s1. The van der Waals surface area contributed by atoms with Crippen molar-refractivity contribution in [1.29, 1.82) is 0 Å². The summed E-state index contributed by atoms with van der Waals surface area (Å²) in [6, 6.07) is 19.3. The second-order valence-corrected chi connectivity index (χ2v) is 9.50. The Morgan fingerprint density at radius 3 is 2.41 bits per heavy atom. The minimum Gasteiger partial charge on any atom is -0.370 e. The van der Waals surface area contributed by atoms with E-state index in [0.29, 0.717) is 24.4 Å². The SMILES string of the molecule is CC.C[C@H]1Cc2cc(F)c(SN)cc2N1C(=O)C1CN(c2ccc(-c3ccccc3Cl)cc2)C1. The zero-order chi connectivity index (χ0) is 24.4. The number of carbonyl (C=O) groups is 1. The van der Waals surface area contributed by atoms with E-state index in [1.54, 1.807) is 6.07 Å². The summed E-state index contributed by atoms with van der Waals surface area (Å²) in [5.41, 5.74) is 4.82. The maximum Gasteiger partial charge on any atom is 0.233 e. The molecule has 2 N–H and O–H groups in total. The van der Waals surface area contributed by atoms with Crippen LogP contribution in [0.4, 0.5) is 15.8 Å². The molecule has 3 aromatic carbocycles. The Balaban J connectivity index is 0.00000133. The number of benzene rings is 3. The zero-order valence-electron chi connectivity index (χ0n) is 19.6. The molecule has 1 amide bonds. The van der Waals surface area contributed by atoms with E-state index in [-0.39, 0.29) is 23.7 Å². The normalized spacial score (nSPS) is 17.1. The lowest BCUT2D eigenvalue weighted by molar-refractivity contribution is -0.123. The van der Waals surface area contributed by atoms with Crippen LogP contribution in [0.3, 0.4) is 0 Å². The second-order valence-electron chi connectivity index (χ2n) is 8.42. The molecule has 2 aliphatic rings. The molecule has 0 aromatic heterocycles. The molecule has 5 rings (SSSR count). The molecule has 2 aliphatic heterocycles. The van der Waals surface area contributed by atoms with Gasteiger partial charge in [-0.05, 0) is 66.8 Å². The molecule has 0 aliphatic carbocycles. The van der Waals surface area contributed by atoms with Gasteiger partial charge in [0.15, 0.2) is 0 Å². The first-order chi connectivity index (χ1) is 16.5. The second kappa shape index (κ2) is 10.4. The van der Waals surface area contributed by atoms with Crippen molar-refractivity contribution in [3.8, 4) is 11.1 Å². The van der Waals surface area contributed by atoms with Crippen molar-refractivity contribution in [3.05, 3.63) is 77.1 Å². The minimum absolute atomic E-state index is 0.0129. The van der Waals surface area contributed by atoms with E-state index in [1.165, 1.54) is 6.07 Å². The summed E-state index contributed by atoms with van der Waals surface area (Å²) in [4.78, 5) is 17.7. The van der Waals surface area contributed by atoms with E-state index < -0.39 is 0 Å². The lowest BCUT2D eigenvalue weighted by Crippen LogP contribution is -2.55. The van der Waals surface area contributed by atoms with E-state index in [9.17, 15) is 9.18 Å². The molecule has 1 saturated heterocycles. The highest BCUT2D eigenvalue weighted by molar-refractivity contribution is 7.97. The Hall–Kier alpha value is -2.54. The Morgan fingerprint density at radius 1 is 1.09 bits per heavy atom. The number of fused-ring (bicyclic) bond motifs is 1. The third kappa shape index (κ3) is 4.54. The fraction of sp³-hybridized carbons (Fsp3) is 0.296. The number of hydrogen-bond donors (Lipinski definition) is 1. The summed E-state index contributed by atoms with van der Waals surface area (Å²) in [7, 11) is 0. The first-order valence-corrected chi connectivity index (χ1v) is 12.8. The fourth-order valence-electron chi connectivity index (χ4n) is 4.63. The highest BCUT2D eigenvalue weighted by Crippen LogP contribution is 2.39. The van der Waals surface area contributed by atoms with Gasteiger partial charge in [0.25, 0.3) is 0 Å². The molecular formula is C27H29ClFN3OS. The van der Waals surface area contributed by atoms with Crippen molar-refractivity contribution in [3.63, 3.8) is 0 Å². The van der Waals surface area contributed by atoms with E-state index in [4.69, 9.17) is 16.7 Å². The predicted molar refractivity (Wildman–Crippen MR) is 141 cm³/mol. The third-order valence-corrected chi connectivity index (χ3v) is 7.26. The zero-order valence-corrected chi connectivity index (χ0v) is 21.2. The van der Waals surface area contributed by atoms with Crippen LogP contribution in [0.25, 0.3) is 11.1 Å². The van der Waals surface area contributed by atoms with Gasteiger partial charge >= 0.3 is 0 Å². The Bertz CT molecular complexity index is 1180. The highest BCUT2D eigenvalue weighted by Gasteiger charge is 2.40. The molecule has 2 heterocycles. The van der Waals surface area contributed by atoms with Crippen LogP contribution in [0.2, 0.25) is 5.02 Å². The summed E-state index contributed by atoms with van der Waals surface area (Å²) < 4.78 is 14.1. The lowest BCUT2D eigenvalue weighted by Gasteiger charge is -2.42. The van der Waals surface area contributed by atoms with Gasteiger partial charge in [0, 0.05) is 41.1 Å². The molecule has 3 aromatic rings. The summed E-state index contributed by atoms with van der Waals surface area (Å²) in [5.74, 6) is -0.307. The summed E-state index contributed by atoms with van der Waals surface area (Å²) in [5, 5.41) is 6.32. The molecule has 4 nitrogen and oxygen atoms in total. The van der Waals surface area contributed by atoms with E-state index >= 15 is 0 Å². The Morgan fingerprint density at radius 2 is 1.76 bits per heavy atom. The van der Waals surface area contributed by atoms with E-state index in [0.717, 1.165) is 45.0 Å². The topological polar surface area (TPSA) is 49.6 Å². The largest absolute Gasteiger partial charge is 0.370 e. The van der Waals surface area contributed by atoms with Gasteiger partial charge in [-0.2, -0.15) is 0 Å². The van der Waals surface area contributed by atoms with Crippen molar-refractivity contribution in [2.75, 3.05) is 22.9 Å². The molecule has 178 valence electrons. The maximum absolute atomic E-state index is 14.1. The monoisotopic (exact) mass is 497 g/mol. The van der Waals surface area contributed by atoms with Gasteiger partial charge in [0.05, 0.1) is 10.8 Å². The van der Waals surface area contributed by atoms with Crippen LogP contribution >= 0.6 is 23.5 Å². The predicted octanol–water partition coefficient (Wildman–Crippen LogP) is 6.55. The summed E-state index contributed by atoms with van der Waals surface area (Å²) >= 11 is 7.18. The van der Waals surface area contributed by atoms with Crippen LogP contribution in [0.5, 0.6) is 0 Å². The van der Waals surface area contributed by atoms with Crippen LogP contribution in [0.1, 0.15) is 26.3 Å². The van der Waals surface area contributed by atoms with Crippen LogP contribution in [-0.2, 0) is 11.2 Å². The van der Waals surface area contributed by atoms with Crippen molar-refractivity contribution < 1.29 is 9.18 Å². The van der Waals surface area contributed by atoms with Gasteiger partial charge in [-0.3, -0.25) is 9.93 Å². The molecule has 1 atom stereocenters. The molecule has 0 unspecified atom stereocenters. The van der Waals surface area contributed by atoms with Gasteiger partial charge in [-0.25, -0.2) is 4.39 Å². The lowest BCUT2D eigenvalue weighted by atomic mass is 9.96. The third-order valence-electron chi connectivity index (χ3n) is 6.36. The molecule has 0 bridgehead atoms. The number of rotatable bonds is 4. The molecule has 1 fully saturated rings. The summed E-state index contributed by atoms with van der Waals surface area (Å²) in [6.45, 7) is 7.35. The molecule has 0 spiro atoms. The van der Waals surface area contributed by atoms with Gasteiger partial charge in [0.1, 0.15) is 5.82 Å². The van der Waals surface area contributed by atoms with E-state index in [2.05, 4.69) is 29.2 Å². The highest BCUT2D eigenvalue weighted by atomic mass is 35.5. The molecule has 34 heavy (non-hydrogen) atoms. The van der Waals surface area contributed by atoms with Crippen LogP contribution < -0.4 is 14.9 Å². The molecule has 7 heteroatoms. The average molecular weight is 498 g/mol. The van der Waals surface area contributed by atoms with Crippen LogP contribution in [0.15, 0.2) is 65.6 Å². The van der Waals surface area contributed by atoms with Crippen molar-refractivity contribution in [2.24, 2.45) is 11.1 Å². The van der Waals surface area contributed by atoms with Crippen molar-refractivity contribution in [1.82, 2.24) is 0 Å². The smallest absolute Gasteiger partial charge is 0.233 e. The minimum atomic E-state index is -0.326. The van der Waals surface area contributed by atoms with Crippen molar-refractivity contribution in [2.45, 2.75) is 38.1 Å². The maximum atomic E-state index is 14.1. The number of halogens is 2. The molecular weight excluding hydrogens is 469 g/mol. The van der Waals surface area contributed by atoms with Gasteiger partial charge in [-0.15, -0.1) is 0 Å². The van der Waals surface area contributed by atoms with Gasteiger partial charge in [0.2, 0.25) is 5.91 Å². The number of hydrogen-bond acceptors (Lipinski definition) is 4. The van der Waals surface area contributed by atoms with Crippen molar-refractivity contribution >= 4 is 40.8 Å². The molecule has 0 radical (unpaired) electrons. The van der Waals surface area contributed by atoms with Crippen LogP contribution in [-0.4, -0.2) is 25.0 Å². The molecule has 0 saturated carbocycles. The first kappa shape index (κ1) is 24.6. The number of anilines is 2. The average Bonchev–Trinajstić information content (AvgIpc) is 3.14. The fourth-order valence-corrected chi connectivity index (χ4v) is 5.23. The quantitative estimate of drug-likeness (QED) is 0.415. The number of carbonyl (C=O) groups excluding carboxylic acids is 1. The first-order valence-electron chi connectivity index (χ1n) is 11.6. The summed E-state index contributed by atoms with van der Waals surface area (Å²) in [6.07, 6.45) is 0.660. The number of amides is 1. The van der Waals surface area contributed by atoms with Gasteiger partial charge in [-0.1, -0.05) is 55.8 Å². The number of nitrogens with two attached hydrogens (primary N) is 1. The van der Waals surface area contributed by atoms with Crippen LogP contribution in [0, 0.1) is 11.7 Å². The van der Waals surface area contributed by atoms with Gasteiger partial charge < -0.3 is 9.80 Å². The number of nitrogens with zero attached hydrogens (tertiary/aromatic N) is 2. The van der Waals surface area contributed by atoms with E-state index in [1.807, 2.05) is 49.9 Å². The Kier molecular flexibility index (Phi) is 7.51.